The molecule has 2 aromatic heterocycles. The molecule has 6 nitrogen and oxygen atoms in total. The number of ether oxygens (including phenoxy) is 1. The number of methoxy groups -OCH3 is 1. The first-order chi connectivity index (χ1) is 11.3. The van der Waals surface area contributed by atoms with Gasteiger partial charge in [0.2, 0.25) is 5.88 Å². The molecule has 2 amide bonds. The van der Waals surface area contributed by atoms with E-state index in [1.807, 2.05) is 22.4 Å². The molecular weight excluding hydrogens is 312 g/mol. The summed E-state index contributed by atoms with van der Waals surface area (Å²) >= 11 is 1.61. The van der Waals surface area contributed by atoms with Gasteiger partial charge in [0, 0.05) is 24.2 Å². The van der Waals surface area contributed by atoms with Crippen molar-refractivity contribution in [3.8, 4) is 5.88 Å². The van der Waals surface area contributed by atoms with E-state index in [-0.39, 0.29) is 12.1 Å². The van der Waals surface area contributed by atoms with Crippen LogP contribution >= 0.6 is 11.3 Å². The van der Waals surface area contributed by atoms with E-state index < -0.39 is 0 Å². The second-order valence-electron chi connectivity index (χ2n) is 5.41. The molecule has 1 aliphatic heterocycles. The summed E-state index contributed by atoms with van der Waals surface area (Å²) in [5, 5.41) is 5.93. The fourth-order valence-corrected chi connectivity index (χ4v) is 3.55. The number of rotatable bonds is 4. The number of piperidine rings is 1. The summed E-state index contributed by atoms with van der Waals surface area (Å²) in [6.07, 6.45) is 4.93. The molecule has 7 heteroatoms. The van der Waals surface area contributed by atoms with Crippen LogP contribution in [0.2, 0.25) is 0 Å². The van der Waals surface area contributed by atoms with Gasteiger partial charge >= 0.3 is 6.03 Å². The summed E-state index contributed by atoms with van der Waals surface area (Å²) in [7, 11) is 1.58. The highest BCUT2D eigenvalue weighted by molar-refractivity contribution is 7.09. The quantitative estimate of drug-likeness (QED) is 0.934. The predicted octanol–water partition coefficient (Wildman–Crippen LogP) is 2.98. The summed E-state index contributed by atoms with van der Waals surface area (Å²) in [5.74, 6) is 0.551. The molecule has 1 atom stereocenters. The fourth-order valence-electron chi connectivity index (χ4n) is 2.77. The summed E-state index contributed by atoms with van der Waals surface area (Å²) < 4.78 is 5.10. The number of likely N-dealkylation sites (tertiary alicyclic amines) is 1. The van der Waals surface area contributed by atoms with Gasteiger partial charge in [-0.3, -0.25) is 0 Å². The molecule has 1 aliphatic rings. The molecule has 0 unspecified atom stereocenters. The third kappa shape index (κ3) is 3.79. The second-order valence-corrected chi connectivity index (χ2v) is 6.33. The summed E-state index contributed by atoms with van der Waals surface area (Å²) in [6, 6.07) is 5.55. The van der Waals surface area contributed by atoms with Gasteiger partial charge in [-0.05, 0) is 25.3 Å². The molecule has 122 valence electrons. The van der Waals surface area contributed by atoms with E-state index in [0.29, 0.717) is 12.4 Å². The number of hydrogen-bond acceptors (Lipinski definition) is 5. The molecule has 0 aromatic carbocycles. The van der Waals surface area contributed by atoms with Gasteiger partial charge in [-0.25, -0.2) is 14.8 Å². The summed E-state index contributed by atoms with van der Waals surface area (Å²) in [5.41, 5.74) is 0.778. The number of thiazole rings is 1. The van der Waals surface area contributed by atoms with Crippen LogP contribution in [0.15, 0.2) is 29.8 Å². The number of carbonyl (C=O) groups is 1. The molecule has 0 bridgehead atoms. The Morgan fingerprint density at radius 2 is 2.39 bits per heavy atom. The smallest absolute Gasteiger partial charge is 0.318 e. The van der Waals surface area contributed by atoms with Crippen LogP contribution in [0.25, 0.3) is 0 Å². The van der Waals surface area contributed by atoms with E-state index in [1.165, 1.54) is 0 Å². The van der Waals surface area contributed by atoms with Crippen LogP contribution in [0.4, 0.5) is 4.79 Å². The molecule has 0 spiro atoms. The van der Waals surface area contributed by atoms with E-state index in [1.54, 1.807) is 30.7 Å². The number of carbonyl (C=O) groups excluding carboxylic acids is 1. The molecule has 0 aliphatic carbocycles. The zero-order valence-corrected chi connectivity index (χ0v) is 13.9. The number of hydrogen-bond donors (Lipinski definition) is 1. The highest BCUT2D eigenvalue weighted by Gasteiger charge is 2.29. The molecule has 23 heavy (non-hydrogen) atoms. The van der Waals surface area contributed by atoms with Crippen molar-refractivity contribution < 1.29 is 9.53 Å². The topological polar surface area (TPSA) is 67.3 Å². The Bertz CT molecular complexity index is 647. The van der Waals surface area contributed by atoms with Crippen molar-refractivity contribution in [1.29, 1.82) is 0 Å². The van der Waals surface area contributed by atoms with E-state index in [0.717, 1.165) is 36.5 Å². The van der Waals surface area contributed by atoms with Crippen molar-refractivity contribution in [1.82, 2.24) is 20.2 Å². The minimum atomic E-state index is -0.0606. The van der Waals surface area contributed by atoms with Crippen molar-refractivity contribution in [2.75, 3.05) is 13.7 Å². The van der Waals surface area contributed by atoms with Gasteiger partial charge in [-0.2, -0.15) is 0 Å². The third-order valence-corrected chi connectivity index (χ3v) is 4.79. The molecule has 0 saturated carbocycles. The standard InChI is InChI=1S/C16H20N4O2S/c1-22-14-7-4-5-12(19-14)11-18-16(21)20-9-3-2-6-13(20)15-17-8-10-23-15/h4-5,7-8,10,13H,2-3,6,9,11H2,1H3,(H,18,21)/t13-/m0/s1. The average Bonchev–Trinajstić information content (AvgIpc) is 3.14. The Balaban J connectivity index is 1.64. The average molecular weight is 332 g/mol. The van der Waals surface area contributed by atoms with E-state index in [4.69, 9.17) is 4.74 Å². The summed E-state index contributed by atoms with van der Waals surface area (Å²) in [6.45, 7) is 1.15. The summed E-state index contributed by atoms with van der Waals surface area (Å²) in [4.78, 5) is 23.1. The maximum atomic E-state index is 12.6. The van der Waals surface area contributed by atoms with Gasteiger partial charge in [-0.15, -0.1) is 11.3 Å². The molecule has 0 radical (unpaired) electrons. The lowest BCUT2D eigenvalue weighted by Gasteiger charge is -2.34. The van der Waals surface area contributed by atoms with Crippen LogP contribution in [-0.2, 0) is 6.54 Å². The number of aromatic nitrogens is 2. The number of urea groups is 1. The minimum Gasteiger partial charge on any atom is -0.481 e. The number of amides is 2. The van der Waals surface area contributed by atoms with Crippen molar-refractivity contribution in [2.24, 2.45) is 0 Å². The molecule has 1 fully saturated rings. The predicted molar refractivity (Wildman–Crippen MR) is 88.4 cm³/mol. The maximum absolute atomic E-state index is 12.6. The van der Waals surface area contributed by atoms with Crippen molar-refractivity contribution in [2.45, 2.75) is 31.8 Å². The second kappa shape index (κ2) is 7.41. The first-order valence-corrected chi connectivity index (χ1v) is 8.59. The van der Waals surface area contributed by atoms with Gasteiger partial charge < -0.3 is 15.0 Å². The van der Waals surface area contributed by atoms with Gasteiger partial charge in [0.15, 0.2) is 0 Å². The minimum absolute atomic E-state index is 0.0606. The zero-order chi connectivity index (χ0) is 16.1. The monoisotopic (exact) mass is 332 g/mol. The van der Waals surface area contributed by atoms with E-state index in [9.17, 15) is 4.79 Å². The van der Waals surface area contributed by atoms with Crippen LogP contribution in [-0.4, -0.2) is 34.6 Å². The molecule has 3 heterocycles. The van der Waals surface area contributed by atoms with Gasteiger partial charge in [0.05, 0.1) is 25.4 Å². The van der Waals surface area contributed by atoms with Crippen molar-refractivity contribution in [3.05, 3.63) is 40.5 Å². The lowest BCUT2D eigenvalue weighted by atomic mass is 10.0. The molecule has 2 aromatic rings. The van der Waals surface area contributed by atoms with Crippen LogP contribution in [0.1, 0.15) is 36.0 Å². The zero-order valence-electron chi connectivity index (χ0n) is 13.1. The van der Waals surface area contributed by atoms with Crippen LogP contribution in [0, 0.1) is 0 Å². The van der Waals surface area contributed by atoms with Crippen LogP contribution in [0.5, 0.6) is 5.88 Å². The lowest BCUT2D eigenvalue weighted by Crippen LogP contribution is -2.44. The SMILES string of the molecule is COc1cccc(CNC(=O)N2CCCC[C@H]2c2nccs2)n1. The Morgan fingerprint density at radius 1 is 1.48 bits per heavy atom. The third-order valence-electron chi connectivity index (χ3n) is 3.91. The number of nitrogens with zero attached hydrogens (tertiary/aromatic N) is 3. The maximum Gasteiger partial charge on any atom is 0.318 e. The van der Waals surface area contributed by atoms with Crippen LogP contribution in [0.3, 0.4) is 0 Å². The van der Waals surface area contributed by atoms with E-state index >= 15 is 0 Å². The van der Waals surface area contributed by atoms with Gasteiger partial charge in [-0.1, -0.05) is 6.07 Å². The number of pyridine rings is 1. The Labute approximate surface area is 139 Å². The molecular formula is C16H20N4O2S. The lowest BCUT2D eigenvalue weighted by molar-refractivity contribution is 0.151. The highest BCUT2D eigenvalue weighted by Crippen LogP contribution is 2.31. The normalized spacial score (nSPS) is 17.8. The molecule has 3 rings (SSSR count). The Kier molecular flexibility index (Phi) is 5.07. The number of nitrogens with one attached hydrogen (secondary N) is 1. The van der Waals surface area contributed by atoms with Crippen molar-refractivity contribution in [3.63, 3.8) is 0 Å². The van der Waals surface area contributed by atoms with Crippen LogP contribution < -0.4 is 10.1 Å². The van der Waals surface area contributed by atoms with Gasteiger partial charge in [0.25, 0.3) is 0 Å². The first-order valence-electron chi connectivity index (χ1n) is 7.71. The van der Waals surface area contributed by atoms with E-state index in [2.05, 4.69) is 15.3 Å². The molecule has 1 N–H and O–H groups in total. The highest BCUT2D eigenvalue weighted by atomic mass is 32.1. The van der Waals surface area contributed by atoms with Gasteiger partial charge in [0.1, 0.15) is 5.01 Å². The fraction of sp³-hybridized carbons (Fsp3) is 0.438. The Hall–Kier alpha value is -2.15. The largest absolute Gasteiger partial charge is 0.481 e. The molecule has 1 saturated heterocycles. The Morgan fingerprint density at radius 3 is 3.17 bits per heavy atom. The van der Waals surface area contributed by atoms with Crippen molar-refractivity contribution >= 4 is 17.4 Å². The first kappa shape index (κ1) is 15.7.